The minimum absolute atomic E-state index is 0.000527. The average Bonchev–Trinajstić information content (AvgIpc) is 2.90. The monoisotopic (exact) mass is 306 g/mol. The number of likely N-dealkylation sites (tertiary alicyclic amines) is 1. The van der Waals surface area contributed by atoms with E-state index in [0.717, 1.165) is 5.75 Å². The quantitative estimate of drug-likeness (QED) is 0.865. The van der Waals surface area contributed by atoms with Crippen LogP contribution < -0.4 is 10.1 Å². The van der Waals surface area contributed by atoms with Crippen LogP contribution in [0.2, 0.25) is 0 Å². The van der Waals surface area contributed by atoms with Crippen LogP contribution in [0.4, 0.5) is 5.69 Å². The van der Waals surface area contributed by atoms with Gasteiger partial charge in [-0.05, 0) is 31.2 Å². The van der Waals surface area contributed by atoms with Gasteiger partial charge in [-0.1, -0.05) is 0 Å². The molecule has 0 radical (unpaired) electrons. The van der Waals surface area contributed by atoms with Crippen LogP contribution in [0.25, 0.3) is 0 Å². The lowest BCUT2D eigenvalue weighted by molar-refractivity contribution is -0.130. The van der Waals surface area contributed by atoms with Crippen molar-refractivity contribution in [1.29, 1.82) is 0 Å². The van der Waals surface area contributed by atoms with E-state index in [1.807, 2.05) is 6.92 Å². The van der Waals surface area contributed by atoms with E-state index in [1.165, 1.54) is 0 Å². The molecule has 6 heteroatoms. The number of carbonyl (C=O) groups is 2. The Labute approximate surface area is 130 Å². The molecule has 22 heavy (non-hydrogen) atoms. The lowest BCUT2D eigenvalue weighted by Gasteiger charge is -2.23. The lowest BCUT2D eigenvalue weighted by atomic mass is 10.1. The number of carbonyl (C=O) groups excluding carboxylic acids is 2. The second kappa shape index (κ2) is 7.26. The SMILES string of the molecule is COCC(C)N1CC(C(=O)Nc2ccc(OC)cc2)CC1=O. The van der Waals surface area contributed by atoms with Crippen molar-refractivity contribution >= 4 is 17.5 Å². The van der Waals surface area contributed by atoms with Crippen molar-refractivity contribution in [2.45, 2.75) is 19.4 Å². The zero-order valence-electron chi connectivity index (χ0n) is 13.2. The molecule has 1 aromatic carbocycles. The Morgan fingerprint density at radius 3 is 2.64 bits per heavy atom. The highest BCUT2D eigenvalue weighted by atomic mass is 16.5. The number of amides is 2. The molecule has 1 saturated heterocycles. The summed E-state index contributed by atoms with van der Waals surface area (Å²) >= 11 is 0. The number of nitrogens with zero attached hydrogens (tertiary/aromatic N) is 1. The third-order valence-corrected chi connectivity index (χ3v) is 3.83. The molecule has 2 atom stereocenters. The second-order valence-corrected chi connectivity index (χ2v) is 5.47. The number of methoxy groups -OCH3 is 2. The number of hydrogen-bond acceptors (Lipinski definition) is 4. The molecule has 1 aliphatic rings. The first-order valence-electron chi connectivity index (χ1n) is 7.28. The van der Waals surface area contributed by atoms with Crippen molar-refractivity contribution in [3.63, 3.8) is 0 Å². The molecule has 2 amide bonds. The Morgan fingerprint density at radius 2 is 2.05 bits per heavy atom. The molecule has 2 unspecified atom stereocenters. The van der Waals surface area contributed by atoms with Gasteiger partial charge in [-0.2, -0.15) is 0 Å². The van der Waals surface area contributed by atoms with Gasteiger partial charge in [0.1, 0.15) is 5.75 Å². The molecule has 0 saturated carbocycles. The van der Waals surface area contributed by atoms with Crippen LogP contribution in [0.5, 0.6) is 5.75 Å². The van der Waals surface area contributed by atoms with Gasteiger partial charge >= 0.3 is 0 Å². The Balaban J connectivity index is 1.94. The highest BCUT2D eigenvalue weighted by molar-refractivity contribution is 5.97. The summed E-state index contributed by atoms with van der Waals surface area (Å²) in [6, 6.07) is 7.10. The summed E-state index contributed by atoms with van der Waals surface area (Å²) in [4.78, 5) is 26.0. The molecule has 0 bridgehead atoms. The van der Waals surface area contributed by atoms with Crippen LogP contribution >= 0.6 is 0 Å². The maximum atomic E-state index is 12.3. The largest absolute Gasteiger partial charge is 0.497 e. The minimum atomic E-state index is -0.325. The van der Waals surface area contributed by atoms with E-state index in [2.05, 4.69) is 5.32 Å². The van der Waals surface area contributed by atoms with Gasteiger partial charge in [-0.3, -0.25) is 9.59 Å². The van der Waals surface area contributed by atoms with Gasteiger partial charge in [0.25, 0.3) is 0 Å². The summed E-state index contributed by atoms with van der Waals surface area (Å²) in [5.74, 6) is 0.271. The van der Waals surface area contributed by atoms with Crippen molar-refractivity contribution in [2.24, 2.45) is 5.92 Å². The molecule has 2 rings (SSSR count). The minimum Gasteiger partial charge on any atom is -0.497 e. The van der Waals surface area contributed by atoms with E-state index in [0.29, 0.717) is 18.8 Å². The first kappa shape index (κ1) is 16.3. The van der Waals surface area contributed by atoms with E-state index in [-0.39, 0.29) is 30.2 Å². The van der Waals surface area contributed by atoms with Crippen LogP contribution in [0.15, 0.2) is 24.3 Å². The van der Waals surface area contributed by atoms with Gasteiger partial charge < -0.3 is 19.7 Å². The number of ether oxygens (including phenoxy) is 2. The zero-order chi connectivity index (χ0) is 16.1. The molecule has 1 aliphatic heterocycles. The van der Waals surface area contributed by atoms with E-state index in [4.69, 9.17) is 9.47 Å². The van der Waals surface area contributed by atoms with Gasteiger partial charge in [0.15, 0.2) is 0 Å². The maximum Gasteiger partial charge on any atom is 0.229 e. The first-order chi connectivity index (χ1) is 10.5. The van der Waals surface area contributed by atoms with E-state index < -0.39 is 0 Å². The molecule has 0 spiro atoms. The molecule has 1 aromatic rings. The predicted molar refractivity (Wildman–Crippen MR) is 82.8 cm³/mol. The summed E-state index contributed by atoms with van der Waals surface area (Å²) in [7, 11) is 3.19. The summed E-state index contributed by atoms with van der Waals surface area (Å²) in [6.07, 6.45) is 0.246. The lowest BCUT2D eigenvalue weighted by Crippen LogP contribution is -2.38. The smallest absolute Gasteiger partial charge is 0.229 e. The molecule has 0 aliphatic carbocycles. The predicted octanol–water partition coefficient (Wildman–Crippen LogP) is 1.52. The van der Waals surface area contributed by atoms with Crippen molar-refractivity contribution in [1.82, 2.24) is 4.90 Å². The van der Waals surface area contributed by atoms with E-state index in [9.17, 15) is 9.59 Å². The fourth-order valence-electron chi connectivity index (χ4n) is 2.58. The number of benzene rings is 1. The van der Waals surface area contributed by atoms with Crippen LogP contribution in [0.3, 0.4) is 0 Å². The van der Waals surface area contributed by atoms with E-state index in [1.54, 1.807) is 43.4 Å². The van der Waals surface area contributed by atoms with Crippen LogP contribution in [-0.2, 0) is 14.3 Å². The number of anilines is 1. The van der Waals surface area contributed by atoms with Crippen molar-refractivity contribution < 1.29 is 19.1 Å². The number of rotatable bonds is 6. The topological polar surface area (TPSA) is 67.9 Å². The normalized spacial score (nSPS) is 19.1. The molecule has 1 fully saturated rings. The van der Waals surface area contributed by atoms with Crippen molar-refractivity contribution in [2.75, 3.05) is 32.7 Å². The second-order valence-electron chi connectivity index (χ2n) is 5.47. The molecular weight excluding hydrogens is 284 g/mol. The van der Waals surface area contributed by atoms with Crippen molar-refractivity contribution in [3.8, 4) is 5.75 Å². The third kappa shape index (κ3) is 3.76. The van der Waals surface area contributed by atoms with Gasteiger partial charge in [-0.25, -0.2) is 0 Å². The molecule has 1 N–H and O–H groups in total. The third-order valence-electron chi connectivity index (χ3n) is 3.83. The molecule has 1 heterocycles. The molecular formula is C16H22N2O4. The van der Waals surface area contributed by atoms with Gasteiger partial charge in [0.05, 0.1) is 25.7 Å². The first-order valence-corrected chi connectivity index (χ1v) is 7.28. The Hall–Kier alpha value is -2.08. The van der Waals surface area contributed by atoms with Crippen LogP contribution in [0.1, 0.15) is 13.3 Å². The Morgan fingerprint density at radius 1 is 1.36 bits per heavy atom. The van der Waals surface area contributed by atoms with Crippen molar-refractivity contribution in [3.05, 3.63) is 24.3 Å². The zero-order valence-corrected chi connectivity index (χ0v) is 13.2. The van der Waals surface area contributed by atoms with Crippen LogP contribution in [0, 0.1) is 5.92 Å². The number of hydrogen-bond donors (Lipinski definition) is 1. The van der Waals surface area contributed by atoms with Gasteiger partial charge in [0.2, 0.25) is 11.8 Å². The fraction of sp³-hybridized carbons (Fsp3) is 0.500. The highest BCUT2D eigenvalue weighted by Crippen LogP contribution is 2.23. The van der Waals surface area contributed by atoms with Crippen LogP contribution in [-0.4, -0.2) is 50.1 Å². The molecule has 120 valence electrons. The molecule has 0 aromatic heterocycles. The van der Waals surface area contributed by atoms with Gasteiger partial charge in [0, 0.05) is 25.8 Å². The number of nitrogens with one attached hydrogen (secondary N) is 1. The summed E-state index contributed by atoms with van der Waals surface area (Å²) < 4.78 is 10.1. The standard InChI is InChI=1S/C16H22N2O4/c1-11(10-21-2)18-9-12(8-15(18)19)16(20)17-13-4-6-14(22-3)7-5-13/h4-7,11-12H,8-10H2,1-3H3,(H,17,20). The average molecular weight is 306 g/mol. The fourth-order valence-corrected chi connectivity index (χ4v) is 2.58. The maximum absolute atomic E-state index is 12.3. The highest BCUT2D eigenvalue weighted by Gasteiger charge is 2.36. The summed E-state index contributed by atoms with van der Waals surface area (Å²) in [5.41, 5.74) is 0.696. The Kier molecular flexibility index (Phi) is 5.38. The molecule has 6 nitrogen and oxygen atoms in total. The summed E-state index contributed by atoms with van der Waals surface area (Å²) in [6.45, 7) is 2.83. The van der Waals surface area contributed by atoms with Gasteiger partial charge in [-0.15, -0.1) is 0 Å². The van der Waals surface area contributed by atoms with E-state index >= 15 is 0 Å². The Bertz CT molecular complexity index is 529. The summed E-state index contributed by atoms with van der Waals surface area (Å²) in [5, 5.41) is 2.84.